The van der Waals surface area contributed by atoms with Crippen LogP contribution in [0.3, 0.4) is 0 Å². The van der Waals surface area contributed by atoms with Gasteiger partial charge in [0.25, 0.3) is 0 Å². The van der Waals surface area contributed by atoms with Gasteiger partial charge in [0.2, 0.25) is 0 Å². The Labute approximate surface area is 156 Å². The van der Waals surface area contributed by atoms with Crippen molar-refractivity contribution in [2.45, 2.75) is 32.6 Å². The third kappa shape index (κ3) is 5.43. The highest BCUT2D eigenvalue weighted by Crippen LogP contribution is 2.25. The predicted molar refractivity (Wildman–Crippen MR) is 107 cm³/mol. The lowest BCUT2D eigenvalue weighted by Crippen LogP contribution is -2.35. The summed E-state index contributed by atoms with van der Waals surface area (Å²) < 4.78 is 5.09. The molecule has 1 aliphatic rings. The van der Waals surface area contributed by atoms with Crippen LogP contribution in [0.5, 0.6) is 0 Å². The number of ether oxygens (including phenoxy) is 1. The van der Waals surface area contributed by atoms with Gasteiger partial charge in [0, 0.05) is 39.4 Å². The highest BCUT2D eigenvalue weighted by atomic mass is 16.5. The van der Waals surface area contributed by atoms with Gasteiger partial charge in [-0.25, -0.2) is 9.97 Å². The third-order valence-electron chi connectivity index (χ3n) is 4.96. The molecule has 5 nitrogen and oxygen atoms in total. The van der Waals surface area contributed by atoms with E-state index in [2.05, 4.69) is 56.6 Å². The second-order valence-electron chi connectivity index (χ2n) is 7.05. The third-order valence-corrected chi connectivity index (χ3v) is 4.96. The molecule has 0 spiro atoms. The number of hydrogen-bond acceptors (Lipinski definition) is 5. The molecule has 1 N–H and O–H groups in total. The summed E-state index contributed by atoms with van der Waals surface area (Å²) in [6.07, 6.45) is 4.59. The van der Waals surface area contributed by atoms with E-state index in [1.807, 2.05) is 6.92 Å². The van der Waals surface area contributed by atoms with Gasteiger partial charge in [-0.2, -0.15) is 0 Å². The summed E-state index contributed by atoms with van der Waals surface area (Å²) in [5.74, 6) is 3.55. The van der Waals surface area contributed by atoms with Gasteiger partial charge in [0.1, 0.15) is 17.5 Å². The molecule has 2 aromatic rings. The van der Waals surface area contributed by atoms with E-state index in [9.17, 15) is 0 Å². The number of anilines is 2. The first-order chi connectivity index (χ1) is 12.7. The molecular weight excluding hydrogens is 324 g/mol. The summed E-state index contributed by atoms with van der Waals surface area (Å²) in [5.41, 5.74) is 1.45. The van der Waals surface area contributed by atoms with Crippen molar-refractivity contribution in [1.29, 1.82) is 0 Å². The fourth-order valence-corrected chi connectivity index (χ4v) is 3.55. The van der Waals surface area contributed by atoms with Crippen molar-refractivity contribution in [3.8, 4) is 0 Å². The Morgan fingerprint density at radius 2 is 1.92 bits per heavy atom. The molecule has 26 heavy (non-hydrogen) atoms. The Kier molecular flexibility index (Phi) is 6.83. The van der Waals surface area contributed by atoms with Crippen molar-refractivity contribution >= 4 is 11.6 Å². The summed E-state index contributed by atoms with van der Waals surface area (Å²) in [6, 6.07) is 12.9. The maximum absolute atomic E-state index is 5.09. The topological polar surface area (TPSA) is 50.3 Å². The van der Waals surface area contributed by atoms with Crippen LogP contribution in [0.25, 0.3) is 0 Å². The van der Waals surface area contributed by atoms with Crippen molar-refractivity contribution in [3.05, 3.63) is 47.8 Å². The Hall–Kier alpha value is -2.14. The monoisotopic (exact) mass is 354 g/mol. The van der Waals surface area contributed by atoms with E-state index in [1.54, 1.807) is 7.11 Å². The van der Waals surface area contributed by atoms with Crippen molar-refractivity contribution in [2.24, 2.45) is 5.92 Å². The molecule has 3 rings (SSSR count). The van der Waals surface area contributed by atoms with Crippen LogP contribution < -0.4 is 10.2 Å². The normalized spacial score (nSPS) is 15.2. The molecule has 1 aliphatic heterocycles. The predicted octanol–water partition coefficient (Wildman–Crippen LogP) is 3.69. The first-order valence-electron chi connectivity index (χ1n) is 9.62. The minimum Gasteiger partial charge on any atom is -0.385 e. The van der Waals surface area contributed by atoms with Crippen LogP contribution in [0.2, 0.25) is 0 Å². The number of aromatic nitrogens is 2. The summed E-state index contributed by atoms with van der Waals surface area (Å²) in [7, 11) is 1.73. The van der Waals surface area contributed by atoms with Gasteiger partial charge in [-0.05, 0) is 44.1 Å². The molecule has 1 aromatic heterocycles. The Morgan fingerprint density at radius 1 is 1.15 bits per heavy atom. The maximum Gasteiger partial charge on any atom is 0.134 e. The second-order valence-corrected chi connectivity index (χ2v) is 7.05. The number of benzene rings is 1. The minimum atomic E-state index is 0.763. The smallest absolute Gasteiger partial charge is 0.134 e. The summed E-state index contributed by atoms with van der Waals surface area (Å²) in [6.45, 7) is 5.72. The number of nitrogens with zero attached hydrogens (tertiary/aromatic N) is 3. The number of hydrogen-bond donors (Lipinski definition) is 1. The van der Waals surface area contributed by atoms with Crippen LogP contribution in [-0.4, -0.2) is 43.3 Å². The molecule has 0 amide bonds. The highest BCUT2D eigenvalue weighted by Gasteiger charge is 2.21. The van der Waals surface area contributed by atoms with Crippen LogP contribution in [0.4, 0.5) is 11.6 Å². The SMILES string of the molecule is COCCCNc1cc(N2CCC(Cc3ccccc3)CC2)nc(C)n1. The van der Waals surface area contributed by atoms with E-state index in [0.717, 1.165) is 56.0 Å². The van der Waals surface area contributed by atoms with E-state index < -0.39 is 0 Å². The molecular formula is C21H30N4O. The van der Waals surface area contributed by atoms with Crippen LogP contribution in [-0.2, 0) is 11.2 Å². The van der Waals surface area contributed by atoms with Crippen molar-refractivity contribution < 1.29 is 4.74 Å². The Morgan fingerprint density at radius 3 is 2.65 bits per heavy atom. The standard InChI is InChI=1S/C21H30N4O/c1-17-23-20(22-11-6-14-26-2)16-21(24-17)25-12-9-19(10-13-25)15-18-7-4-3-5-8-18/h3-5,7-8,16,19H,6,9-15H2,1-2H3,(H,22,23,24). The van der Waals surface area contributed by atoms with E-state index in [-0.39, 0.29) is 0 Å². The average molecular weight is 354 g/mol. The van der Waals surface area contributed by atoms with E-state index >= 15 is 0 Å². The van der Waals surface area contributed by atoms with Crippen molar-refractivity contribution in [3.63, 3.8) is 0 Å². The fourth-order valence-electron chi connectivity index (χ4n) is 3.55. The first kappa shape index (κ1) is 18.6. The minimum absolute atomic E-state index is 0.763. The zero-order valence-electron chi connectivity index (χ0n) is 15.9. The van der Waals surface area contributed by atoms with Gasteiger partial charge >= 0.3 is 0 Å². The van der Waals surface area contributed by atoms with E-state index in [1.165, 1.54) is 24.8 Å². The lowest BCUT2D eigenvalue weighted by molar-refractivity contribution is 0.198. The summed E-state index contributed by atoms with van der Waals surface area (Å²) in [5, 5.41) is 3.38. The highest BCUT2D eigenvalue weighted by molar-refractivity contribution is 5.49. The number of methoxy groups -OCH3 is 1. The number of rotatable bonds is 8. The van der Waals surface area contributed by atoms with Crippen molar-refractivity contribution in [2.75, 3.05) is 43.6 Å². The van der Waals surface area contributed by atoms with Crippen LogP contribution in [0, 0.1) is 12.8 Å². The molecule has 1 fully saturated rings. The van der Waals surface area contributed by atoms with E-state index in [0.29, 0.717) is 0 Å². The Balaban J connectivity index is 1.54. The zero-order chi connectivity index (χ0) is 18.2. The lowest BCUT2D eigenvalue weighted by atomic mass is 9.90. The van der Waals surface area contributed by atoms with Gasteiger partial charge < -0.3 is 15.0 Å². The molecule has 0 bridgehead atoms. The van der Waals surface area contributed by atoms with Crippen LogP contribution >= 0.6 is 0 Å². The first-order valence-corrected chi connectivity index (χ1v) is 9.62. The maximum atomic E-state index is 5.09. The molecule has 140 valence electrons. The fraction of sp³-hybridized carbons (Fsp3) is 0.524. The van der Waals surface area contributed by atoms with Gasteiger partial charge in [-0.1, -0.05) is 30.3 Å². The van der Waals surface area contributed by atoms with Gasteiger partial charge in [-0.15, -0.1) is 0 Å². The average Bonchev–Trinajstić information content (AvgIpc) is 2.66. The number of aryl methyl sites for hydroxylation is 1. The molecule has 1 aromatic carbocycles. The summed E-state index contributed by atoms with van der Waals surface area (Å²) >= 11 is 0. The van der Waals surface area contributed by atoms with Gasteiger partial charge in [0.15, 0.2) is 0 Å². The van der Waals surface area contributed by atoms with Crippen molar-refractivity contribution in [1.82, 2.24) is 9.97 Å². The molecule has 5 heteroatoms. The zero-order valence-corrected chi connectivity index (χ0v) is 15.9. The molecule has 0 radical (unpaired) electrons. The quantitative estimate of drug-likeness (QED) is 0.733. The largest absolute Gasteiger partial charge is 0.385 e. The van der Waals surface area contributed by atoms with Gasteiger partial charge in [-0.3, -0.25) is 0 Å². The lowest BCUT2D eigenvalue weighted by Gasteiger charge is -2.33. The molecule has 0 aliphatic carbocycles. The van der Waals surface area contributed by atoms with Crippen LogP contribution in [0.15, 0.2) is 36.4 Å². The molecule has 2 heterocycles. The van der Waals surface area contributed by atoms with E-state index in [4.69, 9.17) is 4.74 Å². The number of piperidine rings is 1. The molecule has 0 atom stereocenters. The number of nitrogens with one attached hydrogen (secondary N) is 1. The van der Waals surface area contributed by atoms with Crippen LogP contribution in [0.1, 0.15) is 30.7 Å². The summed E-state index contributed by atoms with van der Waals surface area (Å²) in [4.78, 5) is 11.6. The van der Waals surface area contributed by atoms with Gasteiger partial charge in [0.05, 0.1) is 0 Å². The molecule has 0 saturated carbocycles. The molecule has 0 unspecified atom stereocenters. The molecule has 1 saturated heterocycles. The second kappa shape index (κ2) is 9.53. The Bertz CT molecular complexity index is 669.